The van der Waals surface area contributed by atoms with E-state index in [0.29, 0.717) is 22.8 Å². The maximum absolute atomic E-state index is 12.5. The molecule has 0 bridgehead atoms. The third kappa shape index (κ3) is 4.09. The molecule has 0 radical (unpaired) electrons. The van der Waals surface area contributed by atoms with Gasteiger partial charge in [0.25, 0.3) is 11.6 Å². The first-order chi connectivity index (χ1) is 13.4. The Balaban J connectivity index is 1.92. The van der Waals surface area contributed by atoms with Crippen molar-refractivity contribution in [1.29, 1.82) is 0 Å². The number of nitrogens with one attached hydrogen (secondary N) is 1. The lowest BCUT2D eigenvalue weighted by Crippen LogP contribution is -2.12. The Kier molecular flexibility index (Phi) is 5.25. The van der Waals surface area contributed by atoms with Gasteiger partial charge in [-0.05, 0) is 19.1 Å². The Hall–Kier alpha value is -3.88. The van der Waals surface area contributed by atoms with Gasteiger partial charge in [0, 0.05) is 25.4 Å². The number of aromatic nitrogens is 2. The number of ether oxygens (including phenoxy) is 2. The van der Waals surface area contributed by atoms with E-state index in [2.05, 4.69) is 10.4 Å². The highest BCUT2D eigenvalue weighted by Crippen LogP contribution is 2.34. The number of benzene rings is 2. The summed E-state index contributed by atoms with van der Waals surface area (Å²) >= 11 is 0. The number of aryl methyl sites for hydroxylation is 2. The molecule has 28 heavy (non-hydrogen) atoms. The lowest BCUT2D eigenvalue weighted by atomic mass is 10.2. The fraction of sp³-hybridized carbons (Fsp3) is 0.158. The smallest absolute Gasteiger partial charge is 0.275 e. The number of rotatable bonds is 6. The molecule has 3 rings (SSSR count). The molecular weight excluding hydrogens is 364 g/mol. The minimum Gasteiger partial charge on any atom is -0.493 e. The summed E-state index contributed by atoms with van der Waals surface area (Å²) in [6.07, 6.45) is 1.58. The summed E-state index contributed by atoms with van der Waals surface area (Å²) in [6.45, 7) is 1.71. The lowest BCUT2D eigenvalue weighted by Gasteiger charge is -2.11. The molecule has 0 fully saturated rings. The van der Waals surface area contributed by atoms with Crippen molar-refractivity contribution >= 4 is 17.3 Å². The fourth-order valence-electron chi connectivity index (χ4n) is 2.67. The Morgan fingerprint density at radius 3 is 2.54 bits per heavy atom. The van der Waals surface area contributed by atoms with Crippen molar-refractivity contribution in [1.82, 2.24) is 9.78 Å². The van der Waals surface area contributed by atoms with Crippen LogP contribution in [0.4, 0.5) is 11.4 Å². The number of amides is 1. The minimum atomic E-state index is -0.555. The summed E-state index contributed by atoms with van der Waals surface area (Å²) in [5.41, 5.74) is 0.940. The van der Waals surface area contributed by atoms with E-state index in [-0.39, 0.29) is 17.1 Å². The van der Waals surface area contributed by atoms with Gasteiger partial charge in [-0.3, -0.25) is 19.6 Å². The van der Waals surface area contributed by atoms with Gasteiger partial charge < -0.3 is 14.8 Å². The molecule has 144 valence electrons. The van der Waals surface area contributed by atoms with Crippen LogP contribution in [0.3, 0.4) is 0 Å². The number of nitrogens with zero attached hydrogens (tertiary/aromatic N) is 3. The number of nitro groups is 1. The van der Waals surface area contributed by atoms with Crippen LogP contribution in [-0.2, 0) is 7.05 Å². The third-order valence-corrected chi connectivity index (χ3v) is 3.91. The van der Waals surface area contributed by atoms with Gasteiger partial charge in [0.2, 0.25) is 0 Å². The quantitative estimate of drug-likeness (QED) is 0.514. The Bertz CT molecular complexity index is 1040. The van der Waals surface area contributed by atoms with Crippen LogP contribution in [0.25, 0.3) is 0 Å². The Morgan fingerprint density at radius 2 is 1.93 bits per heavy atom. The molecule has 0 aliphatic carbocycles. The van der Waals surface area contributed by atoms with Crippen molar-refractivity contribution in [3.05, 3.63) is 70.0 Å². The first-order valence-electron chi connectivity index (χ1n) is 8.29. The molecule has 0 unspecified atom stereocenters. The lowest BCUT2D eigenvalue weighted by molar-refractivity contribution is -0.384. The van der Waals surface area contributed by atoms with Gasteiger partial charge in [-0.15, -0.1) is 0 Å². The summed E-state index contributed by atoms with van der Waals surface area (Å²) in [5.74, 6) is 0.641. The Labute approximate surface area is 160 Å². The monoisotopic (exact) mass is 382 g/mol. The predicted octanol–water partition coefficient (Wildman–Crippen LogP) is 3.69. The number of carbonyl (C=O) groups is 1. The van der Waals surface area contributed by atoms with Crippen LogP contribution < -0.4 is 14.8 Å². The maximum Gasteiger partial charge on any atom is 0.275 e. The first kappa shape index (κ1) is 18.9. The molecule has 0 spiro atoms. The number of carbonyl (C=O) groups excluding carboxylic acids is 1. The predicted molar refractivity (Wildman–Crippen MR) is 102 cm³/mol. The number of nitro benzene ring substituents is 1. The molecule has 1 heterocycles. The molecule has 0 saturated carbocycles. The molecule has 0 saturated heterocycles. The number of anilines is 1. The molecule has 1 N–H and O–H groups in total. The van der Waals surface area contributed by atoms with E-state index < -0.39 is 10.8 Å². The molecule has 0 atom stereocenters. The van der Waals surface area contributed by atoms with Crippen LogP contribution >= 0.6 is 0 Å². The fourth-order valence-corrected chi connectivity index (χ4v) is 2.67. The van der Waals surface area contributed by atoms with Crippen LogP contribution in [0.15, 0.2) is 48.7 Å². The van der Waals surface area contributed by atoms with Gasteiger partial charge >= 0.3 is 0 Å². The van der Waals surface area contributed by atoms with Crippen molar-refractivity contribution in [3.63, 3.8) is 0 Å². The minimum absolute atomic E-state index is 0.192. The van der Waals surface area contributed by atoms with Gasteiger partial charge in [-0.2, -0.15) is 5.10 Å². The number of hydrogen-bond donors (Lipinski definition) is 1. The molecule has 3 aromatic rings. The van der Waals surface area contributed by atoms with E-state index in [0.717, 1.165) is 0 Å². The summed E-state index contributed by atoms with van der Waals surface area (Å²) in [7, 11) is 3.20. The average Bonchev–Trinajstić information content (AvgIpc) is 3.00. The second-order valence-electron chi connectivity index (χ2n) is 5.98. The van der Waals surface area contributed by atoms with Crippen molar-refractivity contribution < 1.29 is 19.2 Å². The average molecular weight is 382 g/mol. The summed E-state index contributed by atoms with van der Waals surface area (Å²) in [6, 6.07) is 11.0. The van der Waals surface area contributed by atoms with E-state index >= 15 is 0 Å². The van der Waals surface area contributed by atoms with Crippen molar-refractivity contribution in [2.45, 2.75) is 6.92 Å². The molecule has 2 aromatic carbocycles. The van der Waals surface area contributed by atoms with E-state index in [4.69, 9.17) is 9.47 Å². The van der Waals surface area contributed by atoms with Gasteiger partial charge in [-0.1, -0.05) is 12.1 Å². The Morgan fingerprint density at radius 1 is 1.21 bits per heavy atom. The van der Waals surface area contributed by atoms with E-state index in [1.54, 1.807) is 44.4 Å². The highest BCUT2D eigenvalue weighted by atomic mass is 16.6. The van der Waals surface area contributed by atoms with Crippen molar-refractivity contribution in [2.24, 2.45) is 7.05 Å². The van der Waals surface area contributed by atoms with Gasteiger partial charge in [0.15, 0.2) is 11.5 Å². The van der Waals surface area contributed by atoms with Gasteiger partial charge in [0.1, 0.15) is 5.75 Å². The van der Waals surface area contributed by atoms with E-state index in [9.17, 15) is 14.9 Å². The molecule has 0 aliphatic rings. The highest BCUT2D eigenvalue weighted by molar-refractivity contribution is 6.05. The largest absolute Gasteiger partial charge is 0.493 e. The maximum atomic E-state index is 12.5. The first-order valence-corrected chi connectivity index (χ1v) is 8.29. The summed E-state index contributed by atoms with van der Waals surface area (Å²) in [5, 5.41) is 18.1. The zero-order valence-corrected chi connectivity index (χ0v) is 15.5. The van der Waals surface area contributed by atoms with Crippen LogP contribution in [-0.4, -0.2) is 27.7 Å². The van der Waals surface area contributed by atoms with Gasteiger partial charge in [0.05, 0.1) is 35.0 Å². The molecule has 9 nitrogen and oxygen atoms in total. The standard InChI is InChI=1S/C19H18N4O5/c1-12-16(11-22(2)21-12)19(24)20-13-8-14(23(25)26)10-15(9-13)28-18-7-5-4-6-17(18)27-3/h4-11H,1-3H3,(H,20,24). The molecule has 1 amide bonds. The summed E-state index contributed by atoms with van der Waals surface area (Å²) in [4.78, 5) is 23.2. The molecule has 0 aliphatic heterocycles. The SMILES string of the molecule is COc1ccccc1Oc1cc(NC(=O)c2cn(C)nc2C)cc([N+](=O)[O-])c1. The number of methoxy groups -OCH3 is 1. The van der Waals surface area contributed by atoms with Crippen LogP contribution in [0.1, 0.15) is 16.1 Å². The zero-order chi connectivity index (χ0) is 20.3. The normalized spacial score (nSPS) is 10.4. The van der Waals surface area contributed by atoms with Crippen molar-refractivity contribution in [3.8, 4) is 17.2 Å². The second-order valence-corrected chi connectivity index (χ2v) is 5.98. The van der Waals surface area contributed by atoms with Crippen LogP contribution in [0.5, 0.6) is 17.2 Å². The number of para-hydroxylation sites is 2. The van der Waals surface area contributed by atoms with Crippen LogP contribution in [0.2, 0.25) is 0 Å². The topological polar surface area (TPSA) is 109 Å². The summed E-state index contributed by atoms with van der Waals surface area (Å²) < 4.78 is 12.5. The second kappa shape index (κ2) is 7.78. The molecule has 1 aromatic heterocycles. The highest BCUT2D eigenvalue weighted by Gasteiger charge is 2.17. The van der Waals surface area contributed by atoms with Crippen molar-refractivity contribution in [2.75, 3.05) is 12.4 Å². The zero-order valence-electron chi connectivity index (χ0n) is 15.5. The molecular formula is C19H18N4O5. The van der Waals surface area contributed by atoms with Crippen LogP contribution in [0, 0.1) is 17.0 Å². The number of non-ortho nitro benzene ring substituents is 1. The number of hydrogen-bond acceptors (Lipinski definition) is 6. The van der Waals surface area contributed by atoms with E-state index in [1.165, 1.54) is 30.0 Å². The molecule has 9 heteroatoms. The van der Waals surface area contributed by atoms with E-state index in [1.807, 2.05) is 0 Å². The van der Waals surface area contributed by atoms with Gasteiger partial charge in [-0.25, -0.2) is 0 Å². The third-order valence-electron chi connectivity index (χ3n) is 3.91.